The standard InChI is InChI=1S/C30H30BrN3O5/c1-6-38-27-13-18(4)23(15-22(27)17(2)3)28-33-25-10-8-7-9-21(25)29(35)34(28)32-16-20-11-12-26(24(31)14-20)39-19(5)30(36)37/h7-17,19H,6H2,1-5H3,(H,36,37)/t19-/m1/s1. The van der Waals surface area contributed by atoms with Gasteiger partial charge in [-0.05, 0) is 102 Å². The Morgan fingerprint density at radius 2 is 1.87 bits per heavy atom. The highest BCUT2D eigenvalue weighted by Crippen LogP contribution is 2.34. The second-order valence-corrected chi connectivity index (χ2v) is 10.2. The average molecular weight is 592 g/mol. The maximum absolute atomic E-state index is 13.6. The summed E-state index contributed by atoms with van der Waals surface area (Å²) in [6.07, 6.45) is 0.558. The van der Waals surface area contributed by atoms with Crippen LogP contribution < -0.4 is 15.0 Å². The van der Waals surface area contributed by atoms with Gasteiger partial charge in [-0.25, -0.2) is 9.78 Å². The number of ether oxygens (including phenoxy) is 2. The van der Waals surface area contributed by atoms with Crippen molar-refractivity contribution in [3.05, 3.63) is 86.1 Å². The number of hydrogen-bond acceptors (Lipinski definition) is 6. The number of halogens is 1. The van der Waals surface area contributed by atoms with Crippen molar-refractivity contribution in [1.29, 1.82) is 0 Å². The third-order valence-corrected chi connectivity index (χ3v) is 6.82. The van der Waals surface area contributed by atoms with Crippen LogP contribution in [0.3, 0.4) is 0 Å². The minimum Gasteiger partial charge on any atom is -0.494 e. The number of nitrogens with zero attached hydrogens (tertiary/aromatic N) is 3. The summed E-state index contributed by atoms with van der Waals surface area (Å²) < 4.78 is 13.2. The van der Waals surface area contributed by atoms with E-state index in [1.165, 1.54) is 11.6 Å². The van der Waals surface area contributed by atoms with Crippen LogP contribution in [0.4, 0.5) is 0 Å². The molecule has 1 N–H and O–H groups in total. The van der Waals surface area contributed by atoms with Gasteiger partial charge in [0, 0.05) is 5.56 Å². The van der Waals surface area contributed by atoms with Gasteiger partial charge in [-0.2, -0.15) is 9.78 Å². The molecule has 8 nitrogen and oxygen atoms in total. The molecule has 0 radical (unpaired) electrons. The van der Waals surface area contributed by atoms with E-state index in [9.17, 15) is 9.59 Å². The van der Waals surface area contributed by atoms with Gasteiger partial charge in [0.1, 0.15) is 11.5 Å². The van der Waals surface area contributed by atoms with Crippen molar-refractivity contribution < 1.29 is 19.4 Å². The maximum Gasteiger partial charge on any atom is 0.344 e. The molecule has 4 aromatic rings. The predicted molar refractivity (Wildman–Crippen MR) is 156 cm³/mol. The van der Waals surface area contributed by atoms with Crippen molar-refractivity contribution in [3.63, 3.8) is 0 Å². The second-order valence-electron chi connectivity index (χ2n) is 9.39. The molecule has 0 saturated carbocycles. The lowest BCUT2D eigenvalue weighted by molar-refractivity contribution is -0.144. The number of aromatic nitrogens is 2. The molecule has 0 aliphatic carbocycles. The number of carboxylic acid groups (broad SMARTS) is 1. The lowest BCUT2D eigenvalue weighted by Crippen LogP contribution is -2.23. The minimum absolute atomic E-state index is 0.192. The molecule has 1 aromatic heterocycles. The van der Waals surface area contributed by atoms with E-state index in [1.807, 2.05) is 38.1 Å². The van der Waals surface area contributed by atoms with Crippen LogP contribution in [0, 0.1) is 6.92 Å². The number of benzene rings is 3. The summed E-state index contributed by atoms with van der Waals surface area (Å²) >= 11 is 3.43. The van der Waals surface area contributed by atoms with Crippen molar-refractivity contribution in [1.82, 2.24) is 9.66 Å². The van der Waals surface area contributed by atoms with Gasteiger partial charge in [0.25, 0.3) is 5.56 Å². The highest BCUT2D eigenvalue weighted by Gasteiger charge is 2.19. The molecule has 0 unspecified atom stereocenters. The van der Waals surface area contributed by atoms with Gasteiger partial charge in [-0.1, -0.05) is 26.0 Å². The summed E-state index contributed by atoms with van der Waals surface area (Å²) in [6, 6.07) is 16.3. The molecule has 39 heavy (non-hydrogen) atoms. The van der Waals surface area contributed by atoms with E-state index in [2.05, 4.69) is 34.9 Å². The number of aryl methyl sites for hydroxylation is 1. The van der Waals surface area contributed by atoms with E-state index >= 15 is 0 Å². The molecule has 1 atom stereocenters. The molecule has 0 fully saturated rings. The van der Waals surface area contributed by atoms with E-state index in [0.717, 1.165) is 22.4 Å². The van der Waals surface area contributed by atoms with Crippen molar-refractivity contribution in [2.24, 2.45) is 5.10 Å². The van der Waals surface area contributed by atoms with Crippen molar-refractivity contribution in [3.8, 4) is 22.9 Å². The van der Waals surface area contributed by atoms with Crippen LogP contribution in [0.25, 0.3) is 22.3 Å². The topological polar surface area (TPSA) is 103 Å². The molecular weight excluding hydrogens is 562 g/mol. The average Bonchev–Trinajstić information content (AvgIpc) is 2.89. The van der Waals surface area contributed by atoms with Gasteiger partial charge in [-0.15, -0.1) is 0 Å². The Labute approximate surface area is 235 Å². The van der Waals surface area contributed by atoms with Gasteiger partial charge in [0.05, 0.1) is 28.2 Å². The third-order valence-electron chi connectivity index (χ3n) is 6.20. The monoisotopic (exact) mass is 591 g/mol. The van der Waals surface area contributed by atoms with E-state index in [0.29, 0.717) is 39.1 Å². The molecule has 0 saturated heterocycles. The lowest BCUT2D eigenvalue weighted by atomic mass is 9.96. The van der Waals surface area contributed by atoms with Crippen molar-refractivity contribution >= 4 is 39.0 Å². The van der Waals surface area contributed by atoms with Gasteiger partial charge in [0.2, 0.25) is 0 Å². The number of carboxylic acids is 1. The fourth-order valence-corrected chi connectivity index (χ4v) is 4.62. The Bertz CT molecular complexity index is 1630. The largest absolute Gasteiger partial charge is 0.494 e. The van der Waals surface area contributed by atoms with Crippen LogP contribution in [0.2, 0.25) is 0 Å². The Morgan fingerprint density at radius 1 is 1.13 bits per heavy atom. The zero-order valence-corrected chi connectivity index (χ0v) is 24.0. The van der Waals surface area contributed by atoms with Crippen molar-refractivity contribution in [2.45, 2.75) is 46.6 Å². The van der Waals surface area contributed by atoms with Crippen LogP contribution in [0.15, 0.2) is 69.0 Å². The molecule has 0 bridgehead atoms. The second kappa shape index (κ2) is 11.8. The molecule has 0 aliphatic rings. The molecule has 1 heterocycles. The summed E-state index contributed by atoms with van der Waals surface area (Å²) in [5.74, 6) is 0.756. The first kappa shape index (κ1) is 28.0. The predicted octanol–water partition coefficient (Wildman–Crippen LogP) is 6.39. The fourth-order valence-electron chi connectivity index (χ4n) is 4.13. The molecule has 0 spiro atoms. The molecule has 9 heteroatoms. The number of hydrogen-bond donors (Lipinski definition) is 1. The van der Waals surface area contributed by atoms with Gasteiger partial charge in [-0.3, -0.25) is 4.79 Å². The maximum atomic E-state index is 13.6. The van der Waals surface area contributed by atoms with Gasteiger partial charge in [0.15, 0.2) is 11.9 Å². The molecule has 3 aromatic carbocycles. The normalized spacial score (nSPS) is 12.3. The molecule has 0 aliphatic heterocycles. The number of rotatable bonds is 9. The number of aliphatic carboxylic acids is 1. The number of fused-ring (bicyclic) bond motifs is 1. The summed E-state index contributed by atoms with van der Waals surface area (Å²) in [5, 5.41) is 14.1. The first-order valence-electron chi connectivity index (χ1n) is 12.6. The SMILES string of the molecule is CCOc1cc(C)c(-c2nc3ccccc3c(=O)n2N=Cc2ccc(O[C@H](C)C(=O)O)c(Br)c2)cc1C(C)C. The highest BCUT2D eigenvalue weighted by atomic mass is 79.9. The third kappa shape index (κ3) is 6.04. The Balaban J connectivity index is 1.85. The highest BCUT2D eigenvalue weighted by molar-refractivity contribution is 9.10. The zero-order chi connectivity index (χ0) is 28.3. The van der Waals surface area contributed by atoms with Crippen LogP contribution in [-0.4, -0.2) is 39.7 Å². The fraction of sp³-hybridized carbons (Fsp3) is 0.267. The van der Waals surface area contributed by atoms with E-state index in [-0.39, 0.29) is 11.5 Å². The zero-order valence-electron chi connectivity index (χ0n) is 22.4. The van der Waals surface area contributed by atoms with E-state index in [4.69, 9.17) is 19.6 Å². The van der Waals surface area contributed by atoms with Crippen molar-refractivity contribution in [2.75, 3.05) is 6.61 Å². The van der Waals surface area contributed by atoms with Crippen LogP contribution in [0.5, 0.6) is 11.5 Å². The Hall–Kier alpha value is -3.98. The summed E-state index contributed by atoms with van der Waals surface area (Å²) in [5.41, 5.74) is 3.68. The summed E-state index contributed by atoms with van der Waals surface area (Å²) in [4.78, 5) is 29.7. The Morgan fingerprint density at radius 3 is 2.54 bits per heavy atom. The molecule has 202 valence electrons. The molecule has 4 rings (SSSR count). The Kier molecular flexibility index (Phi) is 8.50. The van der Waals surface area contributed by atoms with Gasteiger partial charge < -0.3 is 14.6 Å². The van der Waals surface area contributed by atoms with Crippen LogP contribution in [0.1, 0.15) is 50.3 Å². The number of carbonyl (C=O) groups is 1. The lowest BCUT2D eigenvalue weighted by Gasteiger charge is -2.18. The van der Waals surface area contributed by atoms with Gasteiger partial charge >= 0.3 is 5.97 Å². The first-order chi connectivity index (χ1) is 18.6. The summed E-state index contributed by atoms with van der Waals surface area (Å²) in [6.45, 7) is 10.1. The minimum atomic E-state index is -1.06. The molecule has 0 amide bonds. The number of para-hydroxylation sites is 1. The smallest absolute Gasteiger partial charge is 0.344 e. The quantitative estimate of drug-likeness (QED) is 0.226. The molecular formula is C30H30BrN3O5. The first-order valence-corrected chi connectivity index (χ1v) is 13.4. The summed E-state index contributed by atoms with van der Waals surface area (Å²) in [7, 11) is 0. The van der Waals surface area contributed by atoms with Crippen LogP contribution >= 0.6 is 15.9 Å². The van der Waals surface area contributed by atoms with Crippen LogP contribution in [-0.2, 0) is 4.79 Å². The van der Waals surface area contributed by atoms with E-state index in [1.54, 1.807) is 36.5 Å². The van der Waals surface area contributed by atoms with E-state index < -0.39 is 12.1 Å².